The number of hydrogen-bond acceptors (Lipinski definition) is 3. The van der Waals surface area contributed by atoms with Crippen LogP contribution in [0.3, 0.4) is 0 Å². The molecule has 1 N–H and O–H groups in total. The number of halogens is 4. The molecule has 0 spiro atoms. The monoisotopic (exact) mass is 298 g/mol. The maximum Gasteiger partial charge on any atom is 0.416 e. The molecule has 0 fully saturated rings. The van der Waals surface area contributed by atoms with Gasteiger partial charge < -0.3 is 5.32 Å². The molecular formula is C11H14ClF3N2S. The summed E-state index contributed by atoms with van der Waals surface area (Å²) < 4.78 is 37.7. The van der Waals surface area contributed by atoms with E-state index in [9.17, 15) is 13.2 Å². The average molecular weight is 299 g/mol. The first-order valence-electron chi connectivity index (χ1n) is 5.33. The molecule has 1 aromatic heterocycles. The molecule has 0 saturated carbocycles. The summed E-state index contributed by atoms with van der Waals surface area (Å²) in [6, 6.07) is 1.84. The van der Waals surface area contributed by atoms with Crippen LogP contribution >= 0.6 is 23.4 Å². The summed E-state index contributed by atoms with van der Waals surface area (Å²) in [5.41, 5.74) is -0.790. The molecule has 1 heterocycles. The Labute approximate surface area is 113 Å². The molecular weight excluding hydrogens is 285 g/mol. The molecule has 0 aliphatic rings. The fourth-order valence-electron chi connectivity index (χ4n) is 1.35. The van der Waals surface area contributed by atoms with Gasteiger partial charge in [0.05, 0.1) is 5.56 Å². The van der Waals surface area contributed by atoms with Crippen molar-refractivity contribution in [1.29, 1.82) is 0 Å². The molecule has 0 amide bonds. The molecule has 2 nitrogen and oxygen atoms in total. The van der Waals surface area contributed by atoms with Gasteiger partial charge in [-0.05, 0) is 37.5 Å². The van der Waals surface area contributed by atoms with Gasteiger partial charge in [-0.3, -0.25) is 0 Å². The smallest absolute Gasteiger partial charge is 0.368 e. The van der Waals surface area contributed by atoms with Crippen LogP contribution < -0.4 is 5.32 Å². The molecule has 0 aromatic carbocycles. The minimum atomic E-state index is -4.41. The Morgan fingerprint density at radius 2 is 2.11 bits per heavy atom. The number of nitrogens with zero attached hydrogens (tertiary/aromatic N) is 1. The first kappa shape index (κ1) is 15.4. The zero-order chi connectivity index (χ0) is 13.8. The van der Waals surface area contributed by atoms with Crippen molar-refractivity contribution in [2.24, 2.45) is 0 Å². The standard InChI is InChI=1S/C11H14ClF3N2S/c1-7(3-4-18-2)16-10-6-8(11(13,14)15)5-9(12)17-10/h5-7H,3-4H2,1-2H3,(H,16,17). The molecule has 1 atom stereocenters. The van der Waals surface area contributed by atoms with Crippen LogP contribution in [0.5, 0.6) is 0 Å². The van der Waals surface area contributed by atoms with Crippen LogP contribution in [0.2, 0.25) is 5.15 Å². The van der Waals surface area contributed by atoms with Gasteiger partial charge in [0.1, 0.15) is 11.0 Å². The molecule has 1 rings (SSSR count). The van der Waals surface area contributed by atoms with Crippen LogP contribution in [0, 0.1) is 0 Å². The van der Waals surface area contributed by atoms with E-state index in [1.807, 2.05) is 13.2 Å². The van der Waals surface area contributed by atoms with Crippen molar-refractivity contribution in [2.75, 3.05) is 17.3 Å². The average Bonchev–Trinajstić information content (AvgIpc) is 2.24. The van der Waals surface area contributed by atoms with Crippen molar-refractivity contribution >= 4 is 29.2 Å². The van der Waals surface area contributed by atoms with E-state index < -0.39 is 11.7 Å². The normalized spacial score (nSPS) is 13.4. The first-order valence-corrected chi connectivity index (χ1v) is 7.10. The molecule has 0 bridgehead atoms. The van der Waals surface area contributed by atoms with Gasteiger partial charge in [0.25, 0.3) is 0 Å². The number of hydrogen-bond donors (Lipinski definition) is 1. The van der Waals surface area contributed by atoms with E-state index in [1.165, 1.54) is 0 Å². The van der Waals surface area contributed by atoms with Gasteiger partial charge in [0.2, 0.25) is 0 Å². The third-order valence-corrected chi connectivity index (χ3v) is 3.11. The van der Waals surface area contributed by atoms with Gasteiger partial charge in [-0.2, -0.15) is 24.9 Å². The highest BCUT2D eigenvalue weighted by molar-refractivity contribution is 7.98. The van der Waals surface area contributed by atoms with E-state index in [2.05, 4.69) is 10.3 Å². The van der Waals surface area contributed by atoms with Crippen molar-refractivity contribution in [3.63, 3.8) is 0 Å². The Balaban J connectivity index is 2.80. The van der Waals surface area contributed by atoms with Crippen molar-refractivity contribution in [1.82, 2.24) is 4.98 Å². The van der Waals surface area contributed by atoms with Gasteiger partial charge in [-0.1, -0.05) is 11.6 Å². The summed E-state index contributed by atoms with van der Waals surface area (Å²) in [6.45, 7) is 1.89. The zero-order valence-electron chi connectivity index (χ0n) is 10.0. The SMILES string of the molecule is CSCCC(C)Nc1cc(C(F)(F)F)cc(Cl)n1. The van der Waals surface area contributed by atoms with Gasteiger partial charge in [0.15, 0.2) is 0 Å². The molecule has 0 aliphatic heterocycles. The lowest BCUT2D eigenvalue weighted by Crippen LogP contribution is -2.17. The maximum atomic E-state index is 12.6. The Hall–Kier alpha value is -0.620. The van der Waals surface area contributed by atoms with Crippen molar-refractivity contribution in [3.8, 4) is 0 Å². The summed E-state index contributed by atoms with van der Waals surface area (Å²) >= 11 is 7.27. The van der Waals surface area contributed by atoms with Gasteiger partial charge in [-0.25, -0.2) is 4.98 Å². The summed E-state index contributed by atoms with van der Waals surface area (Å²) in [6.07, 6.45) is -1.59. The minimum absolute atomic E-state index is 0.0458. The quantitative estimate of drug-likeness (QED) is 0.820. The lowest BCUT2D eigenvalue weighted by atomic mass is 10.2. The molecule has 1 aromatic rings. The Morgan fingerprint density at radius 1 is 1.44 bits per heavy atom. The van der Waals surface area contributed by atoms with Gasteiger partial charge >= 0.3 is 6.18 Å². The fraction of sp³-hybridized carbons (Fsp3) is 0.545. The Kier molecular flexibility index (Phi) is 5.59. The number of pyridine rings is 1. The van der Waals surface area contributed by atoms with E-state index in [4.69, 9.17) is 11.6 Å². The summed E-state index contributed by atoms with van der Waals surface area (Å²) in [5.74, 6) is 1.09. The number of anilines is 1. The molecule has 0 radical (unpaired) electrons. The molecule has 7 heteroatoms. The van der Waals surface area contributed by atoms with Gasteiger partial charge in [0, 0.05) is 6.04 Å². The number of nitrogens with one attached hydrogen (secondary N) is 1. The number of rotatable bonds is 5. The molecule has 0 aliphatic carbocycles. The number of thioether (sulfide) groups is 1. The van der Waals surface area contributed by atoms with E-state index >= 15 is 0 Å². The first-order chi connectivity index (χ1) is 8.32. The third-order valence-electron chi connectivity index (χ3n) is 2.27. The summed E-state index contributed by atoms with van der Waals surface area (Å²) in [4.78, 5) is 3.84. The topological polar surface area (TPSA) is 24.9 Å². The predicted octanol–water partition coefficient (Wildman–Crippen LogP) is 4.31. The van der Waals surface area contributed by atoms with E-state index in [-0.39, 0.29) is 17.0 Å². The van der Waals surface area contributed by atoms with E-state index in [0.29, 0.717) is 0 Å². The van der Waals surface area contributed by atoms with E-state index in [1.54, 1.807) is 11.8 Å². The predicted molar refractivity (Wildman–Crippen MR) is 70.3 cm³/mol. The minimum Gasteiger partial charge on any atom is -0.368 e. The highest BCUT2D eigenvalue weighted by atomic mass is 35.5. The summed E-state index contributed by atoms with van der Waals surface area (Å²) in [5, 5.41) is 2.76. The fourth-order valence-corrected chi connectivity index (χ4v) is 2.15. The molecule has 0 saturated heterocycles. The lowest BCUT2D eigenvalue weighted by Gasteiger charge is -2.15. The maximum absolute atomic E-state index is 12.6. The lowest BCUT2D eigenvalue weighted by molar-refractivity contribution is -0.137. The van der Waals surface area contributed by atoms with Crippen LogP contribution in [0.1, 0.15) is 18.9 Å². The van der Waals surface area contributed by atoms with Crippen molar-refractivity contribution in [2.45, 2.75) is 25.6 Å². The summed E-state index contributed by atoms with van der Waals surface area (Å²) in [7, 11) is 0. The second-order valence-corrected chi connectivity index (χ2v) is 5.26. The van der Waals surface area contributed by atoms with E-state index in [0.717, 1.165) is 24.3 Å². The van der Waals surface area contributed by atoms with Crippen LogP contribution in [0.25, 0.3) is 0 Å². The molecule has 1 unspecified atom stereocenters. The van der Waals surface area contributed by atoms with Crippen LogP contribution in [0.4, 0.5) is 19.0 Å². The number of alkyl halides is 3. The Bertz CT molecular complexity index is 398. The second kappa shape index (κ2) is 6.52. The van der Waals surface area contributed by atoms with Gasteiger partial charge in [-0.15, -0.1) is 0 Å². The Morgan fingerprint density at radius 3 is 2.67 bits per heavy atom. The third kappa shape index (κ3) is 4.94. The highest BCUT2D eigenvalue weighted by Gasteiger charge is 2.31. The van der Waals surface area contributed by atoms with Crippen molar-refractivity contribution < 1.29 is 13.2 Å². The zero-order valence-corrected chi connectivity index (χ0v) is 11.6. The van der Waals surface area contributed by atoms with Crippen LogP contribution in [-0.2, 0) is 6.18 Å². The second-order valence-electron chi connectivity index (χ2n) is 3.89. The molecule has 18 heavy (non-hydrogen) atoms. The molecule has 102 valence electrons. The van der Waals surface area contributed by atoms with Crippen LogP contribution in [-0.4, -0.2) is 23.0 Å². The highest BCUT2D eigenvalue weighted by Crippen LogP contribution is 2.32. The van der Waals surface area contributed by atoms with Crippen molar-refractivity contribution in [3.05, 3.63) is 22.8 Å². The number of aromatic nitrogens is 1. The largest absolute Gasteiger partial charge is 0.416 e. The van der Waals surface area contributed by atoms with Crippen LogP contribution in [0.15, 0.2) is 12.1 Å².